The fourth-order valence-electron chi connectivity index (χ4n) is 2.85. The third kappa shape index (κ3) is 4.35. The molecule has 1 heterocycles. The third-order valence-electron chi connectivity index (χ3n) is 4.23. The van der Waals surface area contributed by atoms with Crippen molar-refractivity contribution in [2.75, 3.05) is 12.1 Å². The first-order valence-corrected chi connectivity index (χ1v) is 8.75. The van der Waals surface area contributed by atoms with Gasteiger partial charge in [-0.15, -0.1) is 0 Å². The van der Waals surface area contributed by atoms with Gasteiger partial charge in [0.25, 0.3) is 5.91 Å². The average molecular weight is 418 g/mol. The highest BCUT2D eigenvalue weighted by atomic mass is 19.4. The number of carbonyl (C=O) groups excluding carboxylic acids is 2. The van der Waals surface area contributed by atoms with Crippen LogP contribution in [0, 0.1) is 0 Å². The van der Waals surface area contributed by atoms with E-state index >= 15 is 0 Å². The van der Waals surface area contributed by atoms with Crippen molar-refractivity contribution in [3.05, 3.63) is 59.2 Å². The minimum atomic E-state index is -4.53. The minimum absolute atomic E-state index is 0.0142. The van der Waals surface area contributed by atoms with E-state index in [1.807, 2.05) is 0 Å². The maximum Gasteiger partial charge on any atom is 0.416 e. The second-order valence-electron chi connectivity index (χ2n) is 6.41. The molecule has 1 aliphatic heterocycles. The van der Waals surface area contributed by atoms with Gasteiger partial charge in [0.15, 0.2) is 11.5 Å². The molecule has 3 rings (SSSR count). The van der Waals surface area contributed by atoms with Crippen molar-refractivity contribution in [2.45, 2.75) is 20.0 Å². The zero-order chi connectivity index (χ0) is 22.1. The number of carbonyl (C=O) groups is 2. The fraction of sp³-hybridized carbons (Fsp3) is 0.190. The van der Waals surface area contributed by atoms with Gasteiger partial charge >= 0.3 is 12.1 Å². The summed E-state index contributed by atoms with van der Waals surface area (Å²) < 4.78 is 49.2. The number of alkyl halides is 3. The van der Waals surface area contributed by atoms with Gasteiger partial charge in [-0.2, -0.15) is 23.3 Å². The molecule has 0 bridgehead atoms. The maximum absolute atomic E-state index is 13.0. The van der Waals surface area contributed by atoms with E-state index in [4.69, 9.17) is 9.47 Å². The number of hydrogen-bond acceptors (Lipinski definition) is 5. The average Bonchev–Trinajstić information content (AvgIpc) is 2.96. The Kier molecular flexibility index (Phi) is 5.64. The molecule has 0 fully saturated rings. The van der Waals surface area contributed by atoms with E-state index in [1.54, 1.807) is 19.1 Å². The largest absolute Gasteiger partial charge is 0.493 e. The number of amides is 1. The van der Waals surface area contributed by atoms with Crippen LogP contribution in [-0.2, 0) is 15.8 Å². The van der Waals surface area contributed by atoms with Gasteiger partial charge in [0, 0.05) is 6.92 Å². The first kappa shape index (κ1) is 21.1. The molecule has 0 atom stereocenters. The number of hydrazone groups is 1. The molecule has 1 amide bonds. The molecule has 156 valence electrons. The van der Waals surface area contributed by atoms with Crippen molar-refractivity contribution in [1.82, 2.24) is 0 Å². The number of ether oxygens (including phenoxy) is 2. The first-order chi connectivity index (χ1) is 14.1. The zero-order valence-electron chi connectivity index (χ0n) is 16.3. The SMILES string of the molecule is COc1cc(C=C2C(=O)N(c3cccc(C(F)(F)F)c3)N=C2C)ccc1OC(C)=O. The van der Waals surface area contributed by atoms with Crippen molar-refractivity contribution >= 4 is 29.4 Å². The molecular weight excluding hydrogens is 401 g/mol. The zero-order valence-corrected chi connectivity index (χ0v) is 16.3. The van der Waals surface area contributed by atoms with Gasteiger partial charge in [0.05, 0.1) is 29.6 Å². The molecule has 1 aliphatic rings. The Balaban J connectivity index is 1.93. The predicted molar refractivity (Wildman–Crippen MR) is 104 cm³/mol. The molecule has 0 spiro atoms. The number of halogens is 3. The number of anilines is 1. The smallest absolute Gasteiger partial charge is 0.416 e. The summed E-state index contributed by atoms with van der Waals surface area (Å²) in [5, 5.41) is 5.04. The van der Waals surface area contributed by atoms with Crippen LogP contribution >= 0.6 is 0 Å². The van der Waals surface area contributed by atoms with Gasteiger partial charge in [-0.1, -0.05) is 12.1 Å². The van der Waals surface area contributed by atoms with Crippen LogP contribution in [0.15, 0.2) is 53.1 Å². The summed E-state index contributed by atoms with van der Waals surface area (Å²) in [6.45, 7) is 2.84. The quantitative estimate of drug-likeness (QED) is 0.418. The lowest BCUT2D eigenvalue weighted by atomic mass is 10.1. The van der Waals surface area contributed by atoms with Gasteiger partial charge in [-0.3, -0.25) is 9.59 Å². The Morgan fingerprint density at radius 3 is 2.50 bits per heavy atom. The lowest BCUT2D eigenvalue weighted by molar-refractivity contribution is -0.137. The molecule has 30 heavy (non-hydrogen) atoms. The normalized spacial score (nSPS) is 15.4. The van der Waals surface area contributed by atoms with E-state index in [-0.39, 0.29) is 22.8 Å². The van der Waals surface area contributed by atoms with Gasteiger partial charge in [0.2, 0.25) is 0 Å². The standard InChI is InChI=1S/C21H17F3N2O4/c1-12-17(9-14-7-8-18(30-13(2)27)19(10-14)29-3)20(28)26(25-12)16-6-4-5-15(11-16)21(22,23)24/h4-11H,1-3H3. The first-order valence-electron chi connectivity index (χ1n) is 8.75. The van der Waals surface area contributed by atoms with E-state index in [9.17, 15) is 22.8 Å². The molecule has 0 saturated heterocycles. The van der Waals surface area contributed by atoms with E-state index in [0.717, 1.165) is 17.1 Å². The molecule has 0 N–H and O–H groups in total. The lowest BCUT2D eigenvalue weighted by Gasteiger charge is -2.14. The van der Waals surface area contributed by atoms with E-state index in [2.05, 4.69) is 5.10 Å². The minimum Gasteiger partial charge on any atom is -0.493 e. The maximum atomic E-state index is 13.0. The highest BCUT2D eigenvalue weighted by molar-refractivity contribution is 6.32. The van der Waals surface area contributed by atoms with Crippen molar-refractivity contribution in [1.29, 1.82) is 0 Å². The molecule has 2 aromatic rings. The molecule has 6 nitrogen and oxygen atoms in total. The number of nitrogens with zero attached hydrogens (tertiary/aromatic N) is 2. The van der Waals surface area contributed by atoms with Crippen LogP contribution < -0.4 is 14.5 Å². The highest BCUT2D eigenvalue weighted by Crippen LogP contribution is 2.34. The van der Waals surface area contributed by atoms with Crippen molar-refractivity contribution in [2.24, 2.45) is 5.10 Å². The summed E-state index contributed by atoms with van der Waals surface area (Å²) in [5.41, 5.74) is 0.269. The fourth-order valence-corrected chi connectivity index (χ4v) is 2.85. The topological polar surface area (TPSA) is 68.2 Å². The number of methoxy groups -OCH3 is 1. The van der Waals surface area contributed by atoms with Gasteiger partial charge in [0.1, 0.15) is 0 Å². The molecule has 0 unspecified atom stereocenters. The van der Waals surface area contributed by atoms with Crippen molar-refractivity contribution in [3.8, 4) is 11.5 Å². The molecule has 0 radical (unpaired) electrons. The molecular formula is C21H17F3N2O4. The van der Waals surface area contributed by atoms with E-state index in [0.29, 0.717) is 11.3 Å². The number of hydrogen-bond donors (Lipinski definition) is 0. The second kappa shape index (κ2) is 8.02. The highest BCUT2D eigenvalue weighted by Gasteiger charge is 2.33. The Labute approximate surface area is 170 Å². The Bertz CT molecular complexity index is 1070. The van der Waals surface area contributed by atoms with Crippen LogP contribution in [0.2, 0.25) is 0 Å². The van der Waals surface area contributed by atoms with Crippen LogP contribution in [0.1, 0.15) is 25.0 Å². The monoisotopic (exact) mass is 418 g/mol. The van der Waals surface area contributed by atoms with Crippen LogP contribution in [0.3, 0.4) is 0 Å². The van der Waals surface area contributed by atoms with Gasteiger partial charge < -0.3 is 9.47 Å². The predicted octanol–water partition coefficient (Wildman–Crippen LogP) is 4.45. The van der Waals surface area contributed by atoms with Crippen LogP contribution in [0.4, 0.5) is 18.9 Å². The number of esters is 1. The molecule has 9 heteroatoms. The van der Waals surface area contributed by atoms with Gasteiger partial charge in [-0.05, 0) is 48.9 Å². The number of benzene rings is 2. The van der Waals surface area contributed by atoms with Gasteiger partial charge in [-0.25, -0.2) is 0 Å². The van der Waals surface area contributed by atoms with Crippen LogP contribution in [0.5, 0.6) is 11.5 Å². The van der Waals surface area contributed by atoms with Crippen LogP contribution in [-0.4, -0.2) is 24.7 Å². The molecule has 0 saturated carbocycles. The Morgan fingerprint density at radius 1 is 1.13 bits per heavy atom. The Morgan fingerprint density at radius 2 is 1.87 bits per heavy atom. The lowest BCUT2D eigenvalue weighted by Crippen LogP contribution is -2.21. The summed E-state index contributed by atoms with van der Waals surface area (Å²) in [5.74, 6) is -0.560. The third-order valence-corrected chi connectivity index (χ3v) is 4.23. The summed E-state index contributed by atoms with van der Waals surface area (Å²) in [4.78, 5) is 24.0. The second-order valence-corrected chi connectivity index (χ2v) is 6.41. The summed E-state index contributed by atoms with van der Waals surface area (Å²) in [6.07, 6.45) is -2.99. The summed E-state index contributed by atoms with van der Waals surface area (Å²) in [7, 11) is 1.40. The molecule has 0 aromatic heterocycles. The number of rotatable bonds is 4. The molecule has 2 aromatic carbocycles. The van der Waals surface area contributed by atoms with Crippen molar-refractivity contribution in [3.63, 3.8) is 0 Å². The summed E-state index contributed by atoms with van der Waals surface area (Å²) in [6, 6.07) is 9.09. The van der Waals surface area contributed by atoms with E-state index < -0.39 is 23.6 Å². The van der Waals surface area contributed by atoms with E-state index in [1.165, 1.54) is 38.3 Å². The molecule has 0 aliphatic carbocycles. The Hall–Kier alpha value is -3.62. The van der Waals surface area contributed by atoms with Crippen LogP contribution in [0.25, 0.3) is 6.08 Å². The van der Waals surface area contributed by atoms with Crippen molar-refractivity contribution < 1.29 is 32.2 Å². The summed E-state index contributed by atoms with van der Waals surface area (Å²) >= 11 is 0.